The Bertz CT molecular complexity index is 634. The highest BCUT2D eigenvalue weighted by molar-refractivity contribution is 5.94. The fourth-order valence-electron chi connectivity index (χ4n) is 1.66. The van der Waals surface area contributed by atoms with Gasteiger partial charge in [-0.15, -0.1) is 0 Å². The van der Waals surface area contributed by atoms with Gasteiger partial charge in [-0.25, -0.2) is 4.79 Å². The number of carbonyl (C=O) groups excluding carboxylic acids is 1. The molecule has 0 bridgehead atoms. The molecular weight excluding hydrogens is 244 g/mol. The Morgan fingerprint density at radius 3 is 2.58 bits per heavy atom. The molecular formula is C13H10N4O2. The van der Waals surface area contributed by atoms with Crippen LogP contribution in [0.4, 0.5) is 11.4 Å². The van der Waals surface area contributed by atoms with Crippen LogP contribution in [-0.2, 0) is 4.74 Å². The molecule has 6 heteroatoms. The lowest BCUT2D eigenvalue weighted by Gasteiger charge is -2.03. The second-order valence-corrected chi connectivity index (χ2v) is 3.70. The van der Waals surface area contributed by atoms with Crippen LogP contribution in [0.15, 0.2) is 29.6 Å². The number of anilines is 2. The third kappa shape index (κ3) is 2.33. The number of esters is 1. The molecule has 0 aliphatic carbocycles. The summed E-state index contributed by atoms with van der Waals surface area (Å²) in [5.74, 6) is -0.0914. The van der Waals surface area contributed by atoms with E-state index in [1.165, 1.54) is 0 Å². The van der Waals surface area contributed by atoms with E-state index >= 15 is 0 Å². The summed E-state index contributed by atoms with van der Waals surface area (Å²) in [6, 6.07) is 8.49. The summed E-state index contributed by atoms with van der Waals surface area (Å²) in [6.45, 7) is 2.04. The van der Waals surface area contributed by atoms with Gasteiger partial charge in [0.05, 0.1) is 23.5 Å². The van der Waals surface area contributed by atoms with Crippen LogP contribution >= 0.6 is 0 Å². The zero-order chi connectivity index (χ0) is 13.8. The number of hydrogen-bond donors (Lipinski definition) is 2. The molecule has 0 saturated heterocycles. The second-order valence-electron chi connectivity index (χ2n) is 3.70. The van der Waals surface area contributed by atoms with E-state index in [2.05, 4.69) is 10.6 Å². The van der Waals surface area contributed by atoms with Crippen molar-refractivity contribution < 1.29 is 9.53 Å². The zero-order valence-electron chi connectivity index (χ0n) is 10.2. The SMILES string of the molecule is CCOC(=O)c1ccc2c(c1)NC(=C(C#N)C#N)N2. The van der Waals surface area contributed by atoms with Crippen LogP contribution in [0.5, 0.6) is 0 Å². The van der Waals surface area contributed by atoms with Crippen molar-refractivity contribution in [3.05, 3.63) is 35.2 Å². The average Bonchev–Trinajstić information content (AvgIpc) is 2.83. The molecule has 0 atom stereocenters. The lowest BCUT2D eigenvalue weighted by molar-refractivity contribution is 0.0526. The minimum atomic E-state index is -0.412. The molecule has 0 spiro atoms. The number of ether oxygens (including phenoxy) is 1. The highest BCUT2D eigenvalue weighted by atomic mass is 16.5. The molecule has 2 rings (SSSR count). The molecule has 1 aliphatic rings. The first-order chi connectivity index (χ1) is 9.19. The van der Waals surface area contributed by atoms with Crippen LogP contribution < -0.4 is 10.6 Å². The van der Waals surface area contributed by atoms with Gasteiger partial charge in [-0.3, -0.25) is 0 Å². The maximum atomic E-state index is 11.6. The Kier molecular flexibility index (Phi) is 3.35. The van der Waals surface area contributed by atoms with Crippen molar-refractivity contribution in [2.75, 3.05) is 17.2 Å². The van der Waals surface area contributed by atoms with Crippen LogP contribution in [0.1, 0.15) is 17.3 Å². The molecule has 0 amide bonds. The van der Waals surface area contributed by atoms with Crippen molar-refractivity contribution >= 4 is 17.3 Å². The molecule has 1 aromatic rings. The van der Waals surface area contributed by atoms with Crippen LogP contribution in [0, 0.1) is 22.7 Å². The summed E-state index contributed by atoms with van der Waals surface area (Å²) in [5, 5.41) is 23.4. The van der Waals surface area contributed by atoms with Gasteiger partial charge in [0.2, 0.25) is 0 Å². The van der Waals surface area contributed by atoms with Gasteiger partial charge in [0.15, 0.2) is 5.57 Å². The van der Waals surface area contributed by atoms with Gasteiger partial charge < -0.3 is 15.4 Å². The summed E-state index contributed by atoms with van der Waals surface area (Å²) >= 11 is 0. The molecule has 2 N–H and O–H groups in total. The Balaban J connectivity index is 2.32. The fourth-order valence-corrected chi connectivity index (χ4v) is 1.66. The van der Waals surface area contributed by atoms with Crippen LogP contribution in [0.2, 0.25) is 0 Å². The van der Waals surface area contributed by atoms with E-state index in [4.69, 9.17) is 15.3 Å². The molecule has 0 saturated carbocycles. The number of nitrogens with zero attached hydrogens (tertiary/aromatic N) is 2. The van der Waals surface area contributed by atoms with E-state index in [0.29, 0.717) is 29.4 Å². The van der Waals surface area contributed by atoms with Crippen molar-refractivity contribution in [3.63, 3.8) is 0 Å². The number of allylic oxidation sites excluding steroid dienone is 1. The van der Waals surface area contributed by atoms with Crippen molar-refractivity contribution in [3.8, 4) is 12.1 Å². The molecule has 1 aromatic carbocycles. The first-order valence-corrected chi connectivity index (χ1v) is 5.59. The van der Waals surface area contributed by atoms with Crippen molar-refractivity contribution in [1.82, 2.24) is 0 Å². The molecule has 0 aromatic heterocycles. The summed E-state index contributed by atoms with van der Waals surface area (Å²) in [4.78, 5) is 11.6. The summed E-state index contributed by atoms with van der Waals surface area (Å²) in [6.07, 6.45) is 0. The summed E-state index contributed by atoms with van der Waals surface area (Å²) < 4.78 is 4.90. The van der Waals surface area contributed by atoms with Crippen molar-refractivity contribution in [2.24, 2.45) is 0 Å². The monoisotopic (exact) mass is 254 g/mol. The molecule has 1 heterocycles. The Morgan fingerprint density at radius 1 is 1.26 bits per heavy atom. The van der Waals surface area contributed by atoms with E-state index in [1.54, 1.807) is 37.3 Å². The van der Waals surface area contributed by atoms with Gasteiger partial charge in [-0.1, -0.05) is 0 Å². The highest BCUT2D eigenvalue weighted by Crippen LogP contribution is 2.32. The topological polar surface area (TPSA) is 97.9 Å². The standard InChI is InChI=1S/C13H10N4O2/c1-2-19-13(18)8-3-4-10-11(5-8)17-12(16-10)9(6-14)7-15/h3-5,16-17H,2H2,1H3. The molecule has 1 aliphatic heterocycles. The van der Waals surface area contributed by atoms with Gasteiger partial charge in [-0.05, 0) is 25.1 Å². The summed E-state index contributed by atoms with van der Waals surface area (Å²) in [7, 11) is 0. The third-order valence-electron chi connectivity index (χ3n) is 2.52. The van der Waals surface area contributed by atoms with Crippen LogP contribution in [-0.4, -0.2) is 12.6 Å². The Hall–Kier alpha value is -2.99. The van der Waals surface area contributed by atoms with E-state index in [0.717, 1.165) is 0 Å². The number of fused-ring (bicyclic) bond motifs is 1. The predicted octanol–water partition coefficient (Wildman–Crippen LogP) is 1.96. The van der Waals surface area contributed by atoms with Gasteiger partial charge in [0.25, 0.3) is 0 Å². The number of hydrogen-bond acceptors (Lipinski definition) is 6. The molecule has 94 valence electrons. The molecule has 6 nitrogen and oxygen atoms in total. The van der Waals surface area contributed by atoms with E-state index in [9.17, 15) is 4.79 Å². The van der Waals surface area contributed by atoms with Crippen molar-refractivity contribution in [2.45, 2.75) is 6.92 Å². The first kappa shape index (κ1) is 12.5. The van der Waals surface area contributed by atoms with Gasteiger partial charge in [-0.2, -0.15) is 10.5 Å². The Labute approximate surface area is 109 Å². The molecule has 19 heavy (non-hydrogen) atoms. The minimum Gasteiger partial charge on any atom is -0.462 e. The molecule has 0 radical (unpaired) electrons. The Morgan fingerprint density at radius 2 is 1.95 bits per heavy atom. The maximum absolute atomic E-state index is 11.6. The smallest absolute Gasteiger partial charge is 0.338 e. The highest BCUT2D eigenvalue weighted by Gasteiger charge is 2.19. The fraction of sp³-hybridized carbons (Fsp3) is 0.154. The van der Waals surface area contributed by atoms with Gasteiger partial charge in [0.1, 0.15) is 18.0 Å². The number of carbonyl (C=O) groups is 1. The molecule has 0 fully saturated rings. The number of nitrogens with one attached hydrogen (secondary N) is 2. The van der Waals surface area contributed by atoms with E-state index in [1.807, 2.05) is 0 Å². The zero-order valence-corrected chi connectivity index (χ0v) is 10.2. The van der Waals surface area contributed by atoms with E-state index in [-0.39, 0.29) is 5.57 Å². The maximum Gasteiger partial charge on any atom is 0.338 e. The normalized spacial score (nSPS) is 11.4. The van der Waals surface area contributed by atoms with Crippen LogP contribution in [0.3, 0.4) is 0 Å². The van der Waals surface area contributed by atoms with Gasteiger partial charge in [0, 0.05) is 0 Å². The largest absolute Gasteiger partial charge is 0.462 e. The van der Waals surface area contributed by atoms with E-state index < -0.39 is 5.97 Å². The number of nitriles is 2. The summed E-state index contributed by atoms with van der Waals surface area (Å²) in [5.41, 5.74) is 1.69. The predicted molar refractivity (Wildman–Crippen MR) is 67.9 cm³/mol. The van der Waals surface area contributed by atoms with Crippen molar-refractivity contribution in [1.29, 1.82) is 10.5 Å². The first-order valence-electron chi connectivity index (χ1n) is 5.59. The quantitative estimate of drug-likeness (QED) is 0.618. The second kappa shape index (κ2) is 5.11. The van der Waals surface area contributed by atoms with Gasteiger partial charge >= 0.3 is 5.97 Å². The molecule has 0 unspecified atom stereocenters. The number of benzene rings is 1. The number of rotatable bonds is 2. The average molecular weight is 254 g/mol. The lowest BCUT2D eigenvalue weighted by Crippen LogP contribution is -2.04. The minimum absolute atomic E-state index is 0.0473. The van der Waals surface area contributed by atoms with Crippen LogP contribution in [0.25, 0.3) is 0 Å². The lowest BCUT2D eigenvalue weighted by atomic mass is 10.2. The third-order valence-corrected chi connectivity index (χ3v) is 2.52.